The molecule has 0 aliphatic carbocycles. The Labute approximate surface area is 229 Å². The Balaban J connectivity index is 1.68. The summed E-state index contributed by atoms with van der Waals surface area (Å²) < 4.78 is 13.3. The number of pyridine rings is 1. The first-order chi connectivity index (χ1) is 18.8. The molecule has 1 fully saturated rings. The van der Waals surface area contributed by atoms with Crippen LogP contribution in [0.5, 0.6) is 5.75 Å². The van der Waals surface area contributed by atoms with E-state index in [0.717, 1.165) is 53.6 Å². The molecule has 2 aromatic heterocycles. The minimum Gasteiger partial charge on any atom is -0.497 e. The van der Waals surface area contributed by atoms with Gasteiger partial charge in [0.25, 0.3) is 5.56 Å². The standard InChI is InChI=1S/C30H38N6O3/c1-6-30(3,4)36-28(32-33-34-36)27(25-17-22-12-9-20(2)16-26(22)31-29(25)37)35(19-24-8-7-15-39-24)18-21-10-13-23(38-5)14-11-21/h9-14,16-17,24,27H,6-8,15,18-19H2,1-5H3,(H,31,37)/t24-,27-/m1/s1. The Morgan fingerprint density at radius 1 is 1.21 bits per heavy atom. The molecular weight excluding hydrogens is 492 g/mol. The predicted molar refractivity (Wildman–Crippen MR) is 151 cm³/mol. The van der Waals surface area contributed by atoms with Gasteiger partial charge in [0.1, 0.15) is 11.8 Å². The van der Waals surface area contributed by atoms with Crippen LogP contribution in [0.2, 0.25) is 0 Å². The molecule has 1 N–H and O–H groups in total. The van der Waals surface area contributed by atoms with Gasteiger partial charge < -0.3 is 14.5 Å². The van der Waals surface area contributed by atoms with Gasteiger partial charge >= 0.3 is 0 Å². The lowest BCUT2D eigenvalue weighted by atomic mass is 9.98. The van der Waals surface area contributed by atoms with Gasteiger partial charge in [0.15, 0.2) is 5.82 Å². The maximum Gasteiger partial charge on any atom is 0.253 e. The number of nitrogens with one attached hydrogen (secondary N) is 1. The van der Waals surface area contributed by atoms with E-state index in [9.17, 15) is 4.79 Å². The molecule has 3 heterocycles. The molecule has 5 rings (SSSR count). The van der Waals surface area contributed by atoms with Gasteiger partial charge in [0.2, 0.25) is 0 Å². The van der Waals surface area contributed by atoms with E-state index in [-0.39, 0.29) is 17.2 Å². The molecule has 1 aliphatic heterocycles. The van der Waals surface area contributed by atoms with Gasteiger partial charge in [0, 0.05) is 30.8 Å². The zero-order valence-electron chi connectivity index (χ0n) is 23.5. The number of ether oxygens (including phenoxy) is 2. The van der Waals surface area contributed by atoms with Gasteiger partial charge in [-0.05, 0) is 91.2 Å². The Kier molecular flexibility index (Phi) is 7.81. The summed E-state index contributed by atoms with van der Waals surface area (Å²) in [6, 6.07) is 15.7. The Hall–Kier alpha value is -3.56. The van der Waals surface area contributed by atoms with E-state index >= 15 is 0 Å². The van der Waals surface area contributed by atoms with E-state index in [1.807, 2.05) is 41.9 Å². The number of rotatable bonds is 10. The van der Waals surface area contributed by atoms with Crippen LogP contribution in [0.4, 0.5) is 0 Å². The molecule has 2 atom stereocenters. The molecule has 9 nitrogen and oxygen atoms in total. The number of nitrogens with zero attached hydrogens (tertiary/aromatic N) is 5. The third kappa shape index (κ3) is 5.74. The second-order valence-corrected chi connectivity index (χ2v) is 11.1. The Bertz CT molecular complexity index is 1470. The van der Waals surface area contributed by atoms with E-state index < -0.39 is 6.04 Å². The van der Waals surface area contributed by atoms with Crippen molar-refractivity contribution < 1.29 is 9.47 Å². The van der Waals surface area contributed by atoms with E-state index in [1.54, 1.807) is 7.11 Å². The molecule has 0 saturated carbocycles. The first-order valence-corrected chi connectivity index (χ1v) is 13.7. The topological polar surface area (TPSA) is 98.2 Å². The summed E-state index contributed by atoms with van der Waals surface area (Å²) in [6.07, 6.45) is 2.90. The quantitative estimate of drug-likeness (QED) is 0.316. The van der Waals surface area contributed by atoms with Crippen molar-refractivity contribution in [1.29, 1.82) is 0 Å². The van der Waals surface area contributed by atoms with Crippen LogP contribution in [0.25, 0.3) is 10.9 Å². The molecule has 206 valence electrons. The van der Waals surface area contributed by atoms with E-state index in [0.29, 0.717) is 24.5 Å². The monoisotopic (exact) mass is 530 g/mol. The average Bonchev–Trinajstić information content (AvgIpc) is 3.63. The SMILES string of the molecule is CCC(C)(C)n1nnnc1[C@@H](c1cc2ccc(C)cc2[nH]c1=O)N(Cc1ccc(OC)cc1)C[C@H]1CCCO1. The molecular formula is C30H38N6O3. The number of tetrazole rings is 1. The zero-order chi connectivity index (χ0) is 27.6. The minimum absolute atomic E-state index is 0.0662. The molecule has 39 heavy (non-hydrogen) atoms. The van der Waals surface area contributed by atoms with Crippen molar-refractivity contribution in [3.8, 4) is 5.75 Å². The average molecular weight is 531 g/mol. The minimum atomic E-state index is -0.494. The number of aromatic amines is 1. The van der Waals surface area contributed by atoms with E-state index in [1.165, 1.54) is 0 Å². The summed E-state index contributed by atoms with van der Waals surface area (Å²) in [5, 5.41) is 14.0. The highest BCUT2D eigenvalue weighted by atomic mass is 16.5. The lowest BCUT2D eigenvalue weighted by Gasteiger charge is -2.34. The van der Waals surface area contributed by atoms with E-state index in [2.05, 4.69) is 64.4 Å². The Morgan fingerprint density at radius 2 is 2.00 bits per heavy atom. The predicted octanol–water partition coefficient (Wildman–Crippen LogP) is 4.75. The second kappa shape index (κ2) is 11.3. The molecule has 4 aromatic rings. The van der Waals surface area contributed by atoms with Crippen LogP contribution in [0.1, 0.15) is 68.6 Å². The maximum atomic E-state index is 13.8. The van der Waals surface area contributed by atoms with Crippen LogP contribution in [0.15, 0.2) is 53.3 Å². The number of fused-ring (bicyclic) bond motifs is 1. The molecule has 0 bridgehead atoms. The fourth-order valence-electron chi connectivity index (χ4n) is 5.26. The van der Waals surface area contributed by atoms with Crippen molar-refractivity contribution in [2.75, 3.05) is 20.3 Å². The molecule has 0 amide bonds. The highest BCUT2D eigenvalue weighted by Crippen LogP contribution is 2.33. The van der Waals surface area contributed by atoms with Gasteiger partial charge in [-0.1, -0.05) is 31.2 Å². The highest BCUT2D eigenvalue weighted by Gasteiger charge is 2.36. The third-order valence-corrected chi connectivity index (χ3v) is 7.87. The number of hydrogen-bond acceptors (Lipinski definition) is 7. The van der Waals surface area contributed by atoms with Crippen molar-refractivity contribution >= 4 is 10.9 Å². The molecule has 0 unspecified atom stereocenters. The molecule has 1 aliphatic rings. The summed E-state index contributed by atoms with van der Waals surface area (Å²) in [6.45, 7) is 10.3. The summed E-state index contributed by atoms with van der Waals surface area (Å²) >= 11 is 0. The van der Waals surface area contributed by atoms with Crippen molar-refractivity contribution in [3.63, 3.8) is 0 Å². The summed E-state index contributed by atoms with van der Waals surface area (Å²) in [5.41, 5.74) is 3.13. The first kappa shape index (κ1) is 27.0. The third-order valence-electron chi connectivity index (χ3n) is 7.87. The molecule has 2 aromatic carbocycles. The van der Waals surface area contributed by atoms with Crippen molar-refractivity contribution in [2.45, 2.75) is 71.2 Å². The number of hydrogen-bond donors (Lipinski definition) is 1. The van der Waals surface area contributed by atoms with Crippen LogP contribution >= 0.6 is 0 Å². The summed E-state index contributed by atoms with van der Waals surface area (Å²) in [7, 11) is 1.66. The van der Waals surface area contributed by atoms with Gasteiger partial charge in [-0.2, -0.15) is 0 Å². The smallest absolute Gasteiger partial charge is 0.253 e. The highest BCUT2D eigenvalue weighted by molar-refractivity contribution is 5.79. The summed E-state index contributed by atoms with van der Waals surface area (Å²) in [5.74, 6) is 1.45. The number of methoxy groups -OCH3 is 1. The fraction of sp³-hybridized carbons (Fsp3) is 0.467. The maximum absolute atomic E-state index is 13.8. The molecule has 1 saturated heterocycles. The van der Waals surface area contributed by atoms with Crippen molar-refractivity contribution in [2.24, 2.45) is 0 Å². The van der Waals surface area contributed by atoms with E-state index in [4.69, 9.17) is 9.47 Å². The van der Waals surface area contributed by atoms with Crippen molar-refractivity contribution in [3.05, 3.63) is 81.4 Å². The zero-order valence-corrected chi connectivity index (χ0v) is 23.5. The number of aryl methyl sites for hydroxylation is 1. The number of benzene rings is 2. The first-order valence-electron chi connectivity index (χ1n) is 13.7. The number of aromatic nitrogens is 5. The van der Waals surface area contributed by atoms with Crippen LogP contribution in [-0.2, 0) is 16.8 Å². The number of H-pyrrole nitrogens is 1. The Morgan fingerprint density at radius 3 is 2.69 bits per heavy atom. The van der Waals surface area contributed by atoms with Crippen LogP contribution in [-0.4, -0.2) is 56.5 Å². The lowest BCUT2D eigenvalue weighted by molar-refractivity contribution is 0.0562. The summed E-state index contributed by atoms with van der Waals surface area (Å²) in [4.78, 5) is 19.2. The molecule has 0 spiro atoms. The molecule has 9 heteroatoms. The fourth-order valence-corrected chi connectivity index (χ4v) is 5.26. The van der Waals surface area contributed by atoms with Crippen LogP contribution in [0, 0.1) is 6.92 Å². The largest absolute Gasteiger partial charge is 0.497 e. The van der Waals surface area contributed by atoms with Gasteiger partial charge in [-0.3, -0.25) is 9.69 Å². The molecule has 0 radical (unpaired) electrons. The van der Waals surface area contributed by atoms with Gasteiger partial charge in [-0.25, -0.2) is 4.68 Å². The van der Waals surface area contributed by atoms with Crippen molar-refractivity contribution in [1.82, 2.24) is 30.1 Å². The van der Waals surface area contributed by atoms with Crippen LogP contribution < -0.4 is 10.3 Å². The lowest BCUT2D eigenvalue weighted by Crippen LogP contribution is -2.41. The van der Waals surface area contributed by atoms with Gasteiger partial charge in [0.05, 0.1) is 18.8 Å². The normalized spacial score (nSPS) is 16.7. The van der Waals surface area contributed by atoms with Crippen LogP contribution in [0.3, 0.4) is 0 Å². The van der Waals surface area contributed by atoms with Gasteiger partial charge in [-0.15, -0.1) is 5.10 Å². The second-order valence-electron chi connectivity index (χ2n) is 11.1.